The van der Waals surface area contributed by atoms with Gasteiger partial charge in [0.15, 0.2) is 0 Å². The van der Waals surface area contributed by atoms with Gasteiger partial charge in [-0.25, -0.2) is 9.18 Å². The van der Waals surface area contributed by atoms with Crippen LogP contribution in [0.3, 0.4) is 0 Å². The van der Waals surface area contributed by atoms with E-state index in [-0.39, 0.29) is 5.82 Å². The van der Waals surface area contributed by atoms with Crippen molar-refractivity contribution in [2.45, 2.75) is 19.9 Å². The Kier molecular flexibility index (Phi) is 5.63. The van der Waals surface area contributed by atoms with E-state index in [0.717, 1.165) is 21.4 Å². The fraction of sp³-hybridized carbons (Fsp3) is 0.172. The minimum atomic E-state index is -0.675. The fourth-order valence-electron chi connectivity index (χ4n) is 5.14. The fourth-order valence-corrected chi connectivity index (χ4v) is 5.14. The van der Waals surface area contributed by atoms with Crippen molar-refractivity contribution in [2.75, 3.05) is 0 Å². The molecule has 3 heterocycles. The first-order valence-electron chi connectivity index (χ1n) is 11.7. The highest BCUT2D eigenvalue weighted by Gasteiger charge is 2.36. The largest absolute Gasteiger partial charge is 0.371 e. The number of hydrogen-bond donors (Lipinski definition) is 1. The Hall–Kier alpha value is -4.39. The topological polar surface area (TPSA) is 61.0 Å². The van der Waals surface area contributed by atoms with Gasteiger partial charge in [0.05, 0.1) is 39.7 Å². The Balaban J connectivity index is 2.11. The van der Waals surface area contributed by atoms with Gasteiger partial charge in [-0.2, -0.15) is 0 Å². The first kappa shape index (κ1) is 23.4. The minimum absolute atomic E-state index is 0.389. The number of nitrogens with one attached hydrogen (secondary N) is 1. The van der Waals surface area contributed by atoms with Gasteiger partial charge in [-0.05, 0) is 37.6 Å². The summed E-state index contributed by atoms with van der Waals surface area (Å²) in [4.78, 5) is 26.9. The van der Waals surface area contributed by atoms with Crippen molar-refractivity contribution in [3.63, 3.8) is 0 Å². The summed E-state index contributed by atoms with van der Waals surface area (Å²) in [5.41, 5.74) is 4.55. The SMILES string of the molecule is C=CC1=C(/C=C\C)n2c(-c3ccccc3C)c3c(=O)n(C)c(=O)n(C)c3c2C(c2ccccc2F)N1. The van der Waals surface area contributed by atoms with E-state index in [1.54, 1.807) is 31.3 Å². The molecule has 0 saturated carbocycles. The number of hydrogen-bond acceptors (Lipinski definition) is 3. The third-order valence-corrected chi connectivity index (χ3v) is 6.84. The van der Waals surface area contributed by atoms with Crippen molar-refractivity contribution in [1.29, 1.82) is 0 Å². The molecule has 0 aliphatic carbocycles. The number of rotatable bonds is 4. The highest BCUT2D eigenvalue weighted by molar-refractivity contribution is 6.00. The van der Waals surface area contributed by atoms with E-state index >= 15 is 4.39 Å². The Bertz CT molecular complexity index is 1730. The maximum Gasteiger partial charge on any atom is 0.331 e. The molecule has 1 unspecified atom stereocenters. The lowest BCUT2D eigenvalue weighted by molar-refractivity contribution is 0.564. The number of fused-ring (bicyclic) bond motifs is 3. The van der Waals surface area contributed by atoms with Gasteiger partial charge >= 0.3 is 5.69 Å². The molecule has 0 bridgehead atoms. The van der Waals surface area contributed by atoms with Gasteiger partial charge in [-0.3, -0.25) is 13.9 Å². The number of aryl methyl sites for hydroxylation is 2. The summed E-state index contributed by atoms with van der Waals surface area (Å²) in [6.07, 6.45) is 5.51. The Labute approximate surface area is 207 Å². The van der Waals surface area contributed by atoms with Crippen LogP contribution in [0.1, 0.15) is 29.8 Å². The lowest BCUT2D eigenvalue weighted by Gasteiger charge is -2.31. The molecular formula is C29H27FN4O2. The molecule has 1 aliphatic heterocycles. The van der Waals surface area contributed by atoms with Crippen LogP contribution in [0.4, 0.5) is 4.39 Å². The molecule has 0 radical (unpaired) electrons. The van der Waals surface area contributed by atoms with E-state index in [1.165, 1.54) is 17.7 Å². The summed E-state index contributed by atoms with van der Waals surface area (Å²) in [6, 6.07) is 13.7. The highest BCUT2D eigenvalue weighted by Crippen LogP contribution is 2.43. The number of aromatic nitrogens is 3. The molecule has 1 atom stereocenters. The lowest BCUT2D eigenvalue weighted by atomic mass is 9.99. The van der Waals surface area contributed by atoms with Crippen LogP contribution in [0.5, 0.6) is 0 Å². The number of benzene rings is 2. The molecule has 2 aromatic carbocycles. The van der Waals surface area contributed by atoms with E-state index in [1.807, 2.05) is 54.8 Å². The lowest BCUT2D eigenvalue weighted by Crippen LogP contribution is -2.37. The second-order valence-corrected chi connectivity index (χ2v) is 8.92. The summed E-state index contributed by atoms with van der Waals surface area (Å²) >= 11 is 0. The molecule has 0 spiro atoms. The molecule has 1 aliphatic rings. The van der Waals surface area contributed by atoms with Crippen LogP contribution >= 0.6 is 0 Å². The van der Waals surface area contributed by atoms with E-state index < -0.39 is 17.3 Å². The smallest absolute Gasteiger partial charge is 0.331 e. The molecule has 0 saturated heterocycles. The summed E-state index contributed by atoms with van der Waals surface area (Å²) in [5, 5.41) is 3.83. The molecule has 182 valence electrons. The van der Waals surface area contributed by atoms with Gasteiger partial charge in [0, 0.05) is 25.2 Å². The van der Waals surface area contributed by atoms with Crippen molar-refractivity contribution < 1.29 is 4.39 Å². The molecule has 2 aromatic heterocycles. The first-order valence-corrected chi connectivity index (χ1v) is 11.7. The monoisotopic (exact) mass is 482 g/mol. The van der Waals surface area contributed by atoms with Crippen molar-refractivity contribution in [1.82, 2.24) is 19.0 Å². The van der Waals surface area contributed by atoms with Crippen LogP contribution in [-0.2, 0) is 14.1 Å². The van der Waals surface area contributed by atoms with Gasteiger partial charge in [-0.15, -0.1) is 0 Å². The first-order chi connectivity index (χ1) is 17.3. The van der Waals surface area contributed by atoms with Crippen LogP contribution in [0, 0.1) is 12.7 Å². The number of halogens is 1. The minimum Gasteiger partial charge on any atom is -0.371 e. The number of nitrogens with zero attached hydrogens (tertiary/aromatic N) is 3. The van der Waals surface area contributed by atoms with E-state index in [2.05, 4.69) is 11.9 Å². The Morgan fingerprint density at radius 3 is 2.39 bits per heavy atom. The third kappa shape index (κ3) is 3.23. The zero-order chi connectivity index (χ0) is 25.7. The predicted molar refractivity (Wildman–Crippen MR) is 142 cm³/mol. The van der Waals surface area contributed by atoms with E-state index in [9.17, 15) is 9.59 Å². The second-order valence-electron chi connectivity index (χ2n) is 8.92. The van der Waals surface area contributed by atoms with Crippen molar-refractivity contribution in [3.05, 3.63) is 123 Å². The zero-order valence-corrected chi connectivity index (χ0v) is 20.7. The maximum atomic E-state index is 15.2. The van der Waals surface area contributed by atoms with Gasteiger partial charge in [-0.1, -0.05) is 55.1 Å². The van der Waals surface area contributed by atoms with Crippen LogP contribution in [0.25, 0.3) is 27.9 Å². The predicted octanol–water partition coefficient (Wildman–Crippen LogP) is 4.78. The summed E-state index contributed by atoms with van der Waals surface area (Å²) in [6.45, 7) is 7.88. The van der Waals surface area contributed by atoms with Crippen molar-refractivity contribution in [2.24, 2.45) is 14.1 Å². The molecule has 6 nitrogen and oxygen atoms in total. The molecule has 4 aromatic rings. The number of allylic oxidation sites excluding steroid dienone is 4. The van der Waals surface area contributed by atoms with Gasteiger partial charge in [0.2, 0.25) is 0 Å². The Morgan fingerprint density at radius 2 is 1.72 bits per heavy atom. The van der Waals surface area contributed by atoms with Crippen molar-refractivity contribution >= 4 is 16.6 Å². The van der Waals surface area contributed by atoms with Crippen LogP contribution in [-0.4, -0.2) is 13.7 Å². The van der Waals surface area contributed by atoms with E-state index in [4.69, 9.17) is 0 Å². The average molecular weight is 483 g/mol. The van der Waals surface area contributed by atoms with Gasteiger partial charge < -0.3 is 9.88 Å². The highest BCUT2D eigenvalue weighted by atomic mass is 19.1. The summed E-state index contributed by atoms with van der Waals surface area (Å²) in [5.74, 6) is -0.389. The molecule has 7 heteroatoms. The molecule has 0 fully saturated rings. The molecule has 0 amide bonds. The molecule has 36 heavy (non-hydrogen) atoms. The maximum absolute atomic E-state index is 15.2. The standard InChI is InChI=1S/C29H27FN4O2/c1-6-12-22-21(7-2)31-24(19-15-10-11-16-20(19)30)27-26-23(28(35)33(5)29(36)32(26)4)25(34(22)27)18-14-9-8-13-17(18)3/h6-16,24,31H,2H2,1,3-5H3/b12-6-. The normalized spacial score (nSPS) is 15.4. The Morgan fingerprint density at radius 1 is 1.03 bits per heavy atom. The van der Waals surface area contributed by atoms with E-state index in [0.29, 0.717) is 33.6 Å². The van der Waals surface area contributed by atoms with Gasteiger partial charge in [0.25, 0.3) is 5.56 Å². The summed E-state index contributed by atoms with van der Waals surface area (Å²) < 4.78 is 19.8. The van der Waals surface area contributed by atoms with Gasteiger partial charge in [0.1, 0.15) is 5.82 Å². The van der Waals surface area contributed by atoms with Crippen molar-refractivity contribution in [3.8, 4) is 11.3 Å². The molecule has 5 rings (SSSR count). The van der Waals surface area contributed by atoms with Crippen LogP contribution in [0.2, 0.25) is 0 Å². The molecular weight excluding hydrogens is 455 g/mol. The van der Waals surface area contributed by atoms with Crippen LogP contribution in [0.15, 0.2) is 88.6 Å². The average Bonchev–Trinajstić information content (AvgIpc) is 3.23. The van der Waals surface area contributed by atoms with Crippen LogP contribution < -0.4 is 16.6 Å². The third-order valence-electron chi connectivity index (χ3n) is 6.84. The summed E-state index contributed by atoms with van der Waals surface area (Å²) in [7, 11) is 3.12. The molecule has 1 N–H and O–H groups in total. The zero-order valence-electron chi connectivity index (χ0n) is 20.7. The second kappa shape index (κ2) is 8.68. The quantitative estimate of drug-likeness (QED) is 0.456.